The number of esters is 1. The van der Waals surface area contributed by atoms with Crippen LogP contribution in [-0.4, -0.2) is 59.0 Å². The summed E-state index contributed by atoms with van der Waals surface area (Å²) in [6.45, 7) is 4.65. The molecule has 0 N–H and O–H groups in total. The molecule has 2 saturated heterocycles. The van der Waals surface area contributed by atoms with Gasteiger partial charge in [0.2, 0.25) is 0 Å². The van der Waals surface area contributed by atoms with Crippen LogP contribution in [0.2, 0.25) is 0 Å². The van der Waals surface area contributed by atoms with Crippen molar-refractivity contribution in [3.05, 3.63) is 75.8 Å². The van der Waals surface area contributed by atoms with Crippen LogP contribution < -0.4 is 0 Å². The van der Waals surface area contributed by atoms with Crippen LogP contribution in [0.5, 0.6) is 0 Å². The van der Waals surface area contributed by atoms with Crippen LogP contribution in [0.15, 0.2) is 54.6 Å². The number of hydrogen-bond acceptors (Lipinski definition) is 6. The number of carbonyl (C=O) groups excluding carboxylic acids is 1. The summed E-state index contributed by atoms with van der Waals surface area (Å²) >= 11 is 0. The van der Waals surface area contributed by atoms with E-state index in [1.807, 2.05) is 6.07 Å². The zero-order valence-electron chi connectivity index (χ0n) is 15.6. The molecule has 0 aliphatic carbocycles. The standard InChI is InChI=1S/C21H23N3O4/c25-21(17-6-8-18(9-7-17)24(26)27)28-20-12-19-14-22(10-11-23(19)15-20)13-16-4-2-1-3-5-16/h1-9,19-20H,10-15H2. The number of hydrogen-bond donors (Lipinski definition) is 0. The van der Waals surface area contributed by atoms with Crippen molar-refractivity contribution in [3.63, 3.8) is 0 Å². The van der Waals surface area contributed by atoms with E-state index >= 15 is 0 Å². The zero-order chi connectivity index (χ0) is 19.5. The van der Waals surface area contributed by atoms with Gasteiger partial charge in [-0.05, 0) is 17.7 Å². The van der Waals surface area contributed by atoms with Crippen LogP contribution >= 0.6 is 0 Å². The number of benzene rings is 2. The second-order valence-electron chi connectivity index (χ2n) is 7.44. The van der Waals surface area contributed by atoms with Crippen molar-refractivity contribution in [2.45, 2.75) is 25.1 Å². The minimum absolute atomic E-state index is 0.0342. The molecule has 7 nitrogen and oxygen atoms in total. The molecule has 2 atom stereocenters. The van der Waals surface area contributed by atoms with E-state index in [0.717, 1.165) is 39.1 Å². The van der Waals surface area contributed by atoms with Gasteiger partial charge in [-0.25, -0.2) is 4.79 Å². The summed E-state index contributed by atoms with van der Waals surface area (Å²) < 4.78 is 5.67. The maximum Gasteiger partial charge on any atom is 0.338 e. The van der Waals surface area contributed by atoms with Crippen molar-refractivity contribution in [1.29, 1.82) is 0 Å². The smallest absolute Gasteiger partial charge is 0.338 e. The number of nitro groups is 1. The number of carbonyl (C=O) groups is 1. The fourth-order valence-electron chi connectivity index (χ4n) is 4.07. The molecule has 2 aliphatic heterocycles. The molecule has 2 unspecified atom stereocenters. The third-order valence-corrected chi connectivity index (χ3v) is 5.50. The Labute approximate surface area is 163 Å². The average molecular weight is 381 g/mol. The van der Waals surface area contributed by atoms with Gasteiger partial charge in [0.25, 0.3) is 5.69 Å². The van der Waals surface area contributed by atoms with E-state index in [1.54, 1.807) is 0 Å². The number of non-ortho nitro benzene ring substituents is 1. The first-order valence-corrected chi connectivity index (χ1v) is 9.54. The lowest BCUT2D eigenvalue weighted by Gasteiger charge is -2.37. The van der Waals surface area contributed by atoms with E-state index in [4.69, 9.17) is 4.74 Å². The minimum Gasteiger partial charge on any atom is -0.457 e. The monoisotopic (exact) mass is 381 g/mol. The fourth-order valence-corrected chi connectivity index (χ4v) is 4.07. The lowest BCUT2D eigenvalue weighted by Crippen LogP contribution is -2.49. The van der Waals surface area contributed by atoms with Crippen LogP contribution in [-0.2, 0) is 11.3 Å². The van der Waals surface area contributed by atoms with Gasteiger partial charge in [0.1, 0.15) is 6.10 Å². The molecule has 2 aromatic rings. The largest absolute Gasteiger partial charge is 0.457 e. The topological polar surface area (TPSA) is 75.9 Å². The highest BCUT2D eigenvalue weighted by molar-refractivity contribution is 5.89. The maximum atomic E-state index is 12.4. The Morgan fingerprint density at radius 2 is 1.82 bits per heavy atom. The number of rotatable bonds is 5. The van der Waals surface area contributed by atoms with Crippen LogP contribution in [0.1, 0.15) is 22.3 Å². The van der Waals surface area contributed by atoms with Gasteiger partial charge in [0, 0.05) is 57.3 Å². The van der Waals surface area contributed by atoms with Gasteiger partial charge in [-0.2, -0.15) is 0 Å². The Morgan fingerprint density at radius 3 is 2.54 bits per heavy atom. The Bertz CT molecular complexity index is 840. The third-order valence-electron chi connectivity index (χ3n) is 5.50. The van der Waals surface area contributed by atoms with Gasteiger partial charge < -0.3 is 4.74 Å². The molecule has 7 heteroatoms. The van der Waals surface area contributed by atoms with Gasteiger partial charge in [0.05, 0.1) is 10.5 Å². The van der Waals surface area contributed by atoms with Gasteiger partial charge in [-0.15, -0.1) is 0 Å². The first-order chi connectivity index (χ1) is 13.6. The van der Waals surface area contributed by atoms with E-state index in [9.17, 15) is 14.9 Å². The molecule has 0 aromatic heterocycles. The highest BCUT2D eigenvalue weighted by Gasteiger charge is 2.37. The molecule has 2 fully saturated rings. The van der Waals surface area contributed by atoms with Gasteiger partial charge in [0.15, 0.2) is 0 Å². The lowest BCUT2D eigenvalue weighted by molar-refractivity contribution is -0.384. The van der Waals surface area contributed by atoms with E-state index < -0.39 is 10.9 Å². The summed E-state index contributed by atoms with van der Waals surface area (Å²) in [4.78, 5) is 27.5. The van der Waals surface area contributed by atoms with E-state index in [-0.39, 0.29) is 11.8 Å². The van der Waals surface area contributed by atoms with E-state index in [0.29, 0.717) is 11.6 Å². The summed E-state index contributed by atoms with van der Waals surface area (Å²) in [5.74, 6) is -0.416. The molecule has 0 saturated carbocycles. The van der Waals surface area contributed by atoms with Crippen molar-refractivity contribution >= 4 is 11.7 Å². The number of nitrogens with zero attached hydrogens (tertiary/aromatic N) is 3. The number of nitro benzene ring substituents is 1. The Morgan fingerprint density at radius 1 is 1.07 bits per heavy atom. The van der Waals surface area contributed by atoms with Crippen molar-refractivity contribution < 1.29 is 14.5 Å². The highest BCUT2D eigenvalue weighted by Crippen LogP contribution is 2.26. The molecular weight excluding hydrogens is 358 g/mol. The predicted octanol–water partition coefficient (Wildman–Crippen LogP) is 2.71. The second-order valence-corrected chi connectivity index (χ2v) is 7.44. The SMILES string of the molecule is O=C(OC1CC2CN(Cc3ccccc3)CCN2C1)c1ccc([N+](=O)[O-])cc1. The van der Waals surface area contributed by atoms with E-state index in [1.165, 1.54) is 29.8 Å². The normalized spacial score (nSPS) is 22.6. The van der Waals surface area contributed by atoms with Crippen molar-refractivity contribution in [2.24, 2.45) is 0 Å². The maximum absolute atomic E-state index is 12.4. The minimum atomic E-state index is -0.481. The Kier molecular flexibility index (Phi) is 5.36. The fraction of sp³-hybridized carbons (Fsp3) is 0.381. The van der Waals surface area contributed by atoms with Crippen LogP contribution in [0, 0.1) is 10.1 Å². The van der Waals surface area contributed by atoms with Crippen LogP contribution in [0.4, 0.5) is 5.69 Å². The summed E-state index contributed by atoms with van der Waals surface area (Å²) in [5.41, 5.74) is 1.63. The molecule has 0 bridgehead atoms. The third kappa shape index (κ3) is 4.21. The quantitative estimate of drug-likeness (QED) is 0.450. The predicted molar refractivity (Wildman–Crippen MR) is 104 cm³/mol. The summed E-state index contributed by atoms with van der Waals surface area (Å²) in [6.07, 6.45) is 0.689. The molecule has 0 spiro atoms. The van der Waals surface area contributed by atoms with E-state index in [2.05, 4.69) is 34.1 Å². The van der Waals surface area contributed by atoms with Crippen molar-refractivity contribution in [1.82, 2.24) is 9.80 Å². The molecular formula is C21H23N3O4. The van der Waals surface area contributed by atoms with Crippen molar-refractivity contribution in [3.8, 4) is 0 Å². The summed E-state index contributed by atoms with van der Waals surface area (Å²) in [7, 11) is 0. The molecule has 146 valence electrons. The molecule has 4 rings (SSSR count). The molecule has 2 heterocycles. The first kappa shape index (κ1) is 18.6. The highest BCUT2D eigenvalue weighted by atomic mass is 16.6. The van der Waals surface area contributed by atoms with Gasteiger partial charge in [-0.1, -0.05) is 30.3 Å². The number of ether oxygens (including phenoxy) is 1. The average Bonchev–Trinajstić information content (AvgIpc) is 3.10. The van der Waals surface area contributed by atoms with Crippen LogP contribution in [0.3, 0.4) is 0 Å². The second kappa shape index (κ2) is 8.08. The first-order valence-electron chi connectivity index (χ1n) is 9.54. The molecule has 2 aromatic carbocycles. The zero-order valence-corrected chi connectivity index (χ0v) is 15.6. The van der Waals surface area contributed by atoms with Gasteiger partial charge >= 0.3 is 5.97 Å². The molecule has 2 aliphatic rings. The Balaban J connectivity index is 1.31. The number of fused-ring (bicyclic) bond motifs is 1. The van der Waals surface area contributed by atoms with Crippen LogP contribution in [0.25, 0.3) is 0 Å². The lowest BCUT2D eigenvalue weighted by atomic mass is 10.1. The molecule has 28 heavy (non-hydrogen) atoms. The molecule has 0 radical (unpaired) electrons. The van der Waals surface area contributed by atoms with Gasteiger partial charge in [-0.3, -0.25) is 19.9 Å². The van der Waals surface area contributed by atoms with Crippen molar-refractivity contribution in [2.75, 3.05) is 26.2 Å². The Hall–Kier alpha value is -2.77. The number of piperazine rings is 1. The summed E-state index contributed by atoms with van der Waals surface area (Å²) in [6, 6.07) is 16.4. The summed E-state index contributed by atoms with van der Waals surface area (Å²) in [5, 5.41) is 10.7. The molecule has 0 amide bonds.